The number of nitrogens with zero attached hydrogens (tertiary/aromatic N) is 1. The van der Waals surface area contributed by atoms with Crippen molar-refractivity contribution in [2.24, 2.45) is 0 Å². The molecule has 44 heavy (non-hydrogen) atoms. The molecule has 0 unspecified atom stereocenters. The van der Waals surface area contributed by atoms with Crippen molar-refractivity contribution >= 4 is 9.84 Å². The van der Waals surface area contributed by atoms with E-state index in [1.54, 1.807) is 27.4 Å². The molecule has 0 radical (unpaired) electrons. The third-order valence-corrected chi connectivity index (χ3v) is 9.61. The highest BCUT2D eigenvalue weighted by molar-refractivity contribution is 7.91. The molecule has 2 aliphatic heterocycles. The van der Waals surface area contributed by atoms with Gasteiger partial charge in [0, 0.05) is 19.6 Å². The molecule has 2 aromatic rings. The minimum Gasteiger partial charge on any atom is -0.493 e. The molecule has 2 heterocycles. The molecular formula is C32H47NO10S. The van der Waals surface area contributed by atoms with E-state index in [-0.39, 0.29) is 16.7 Å². The van der Waals surface area contributed by atoms with Crippen LogP contribution in [0.2, 0.25) is 0 Å². The van der Waals surface area contributed by atoms with Gasteiger partial charge < -0.3 is 38.3 Å². The van der Waals surface area contributed by atoms with E-state index in [1.165, 1.54) is 6.92 Å². The van der Waals surface area contributed by atoms with Crippen LogP contribution in [0.4, 0.5) is 0 Å². The van der Waals surface area contributed by atoms with E-state index in [0.717, 1.165) is 44.8 Å². The zero-order valence-electron chi connectivity index (χ0n) is 26.5. The molecule has 2 saturated heterocycles. The number of sulfone groups is 1. The highest BCUT2D eigenvalue weighted by atomic mass is 32.2. The molecule has 0 amide bonds. The maximum Gasteiger partial charge on any atom is 0.203 e. The topological polar surface area (TPSA) is 122 Å². The predicted octanol–water partition coefficient (Wildman–Crippen LogP) is 4.35. The second-order valence-corrected chi connectivity index (χ2v) is 13.1. The van der Waals surface area contributed by atoms with E-state index in [9.17, 15) is 13.5 Å². The Morgan fingerprint density at radius 3 is 2.07 bits per heavy atom. The van der Waals surface area contributed by atoms with Crippen molar-refractivity contribution < 1.29 is 46.7 Å². The van der Waals surface area contributed by atoms with E-state index >= 15 is 0 Å². The fourth-order valence-electron chi connectivity index (χ4n) is 5.58. The van der Waals surface area contributed by atoms with Crippen molar-refractivity contribution in [2.45, 2.75) is 62.7 Å². The second kappa shape index (κ2) is 16.0. The Bertz CT molecular complexity index is 1300. The Kier molecular flexibility index (Phi) is 12.4. The molecule has 4 rings (SSSR count). The molecule has 12 heteroatoms. The van der Waals surface area contributed by atoms with Gasteiger partial charge >= 0.3 is 0 Å². The largest absolute Gasteiger partial charge is 0.493 e. The molecule has 2 aliphatic rings. The summed E-state index contributed by atoms with van der Waals surface area (Å²) in [5.74, 6) is 1.67. The number of hydrogen-bond donors (Lipinski definition) is 1. The molecule has 246 valence electrons. The normalized spacial score (nSPS) is 19.9. The first-order valence-corrected chi connectivity index (χ1v) is 17.0. The zero-order valence-corrected chi connectivity index (χ0v) is 27.3. The first-order chi connectivity index (χ1) is 21.2. The fourth-order valence-corrected chi connectivity index (χ4v) is 7.16. The standard InChI is InChI=1S/C32H47NO10S/c1-6-13-42-32-29(41-14-7-10-33-11-15-40-16-12-33)19-24(20-30(32)44(35,36)21-22(2)34)26-9-8-25(43-26)23-17-27(37-3)31(39-5)28(18-23)38-4/h17-20,22,25-26,34H,6-16,21H2,1-5H3/t22-,25-,26-/m0/s1. The molecule has 3 atom stereocenters. The van der Waals surface area contributed by atoms with Crippen LogP contribution in [0.3, 0.4) is 0 Å². The van der Waals surface area contributed by atoms with Crippen LogP contribution in [-0.2, 0) is 19.3 Å². The van der Waals surface area contributed by atoms with Crippen molar-refractivity contribution in [3.63, 3.8) is 0 Å². The molecule has 0 aromatic heterocycles. The summed E-state index contributed by atoms with van der Waals surface area (Å²) < 4.78 is 67.9. The number of rotatable bonds is 16. The van der Waals surface area contributed by atoms with Crippen LogP contribution in [0.5, 0.6) is 28.7 Å². The van der Waals surface area contributed by atoms with Crippen LogP contribution in [0.1, 0.15) is 62.9 Å². The lowest BCUT2D eigenvalue weighted by molar-refractivity contribution is 0.0357. The highest BCUT2D eigenvalue weighted by Crippen LogP contribution is 2.48. The lowest BCUT2D eigenvalue weighted by Gasteiger charge is -2.26. The average molecular weight is 638 g/mol. The summed E-state index contributed by atoms with van der Waals surface area (Å²) in [4.78, 5) is 2.33. The van der Waals surface area contributed by atoms with Crippen molar-refractivity contribution in [1.29, 1.82) is 0 Å². The molecule has 2 fully saturated rings. The van der Waals surface area contributed by atoms with Crippen molar-refractivity contribution in [3.8, 4) is 28.7 Å². The van der Waals surface area contributed by atoms with Gasteiger partial charge in [-0.1, -0.05) is 6.92 Å². The third-order valence-electron chi connectivity index (χ3n) is 7.72. The van der Waals surface area contributed by atoms with Crippen LogP contribution >= 0.6 is 0 Å². The van der Waals surface area contributed by atoms with Crippen LogP contribution < -0.4 is 23.7 Å². The Hall–Kier alpha value is -2.77. The third kappa shape index (κ3) is 8.48. The molecule has 0 spiro atoms. The number of methoxy groups -OCH3 is 3. The first-order valence-electron chi connectivity index (χ1n) is 15.3. The highest BCUT2D eigenvalue weighted by Gasteiger charge is 2.33. The van der Waals surface area contributed by atoms with Gasteiger partial charge in [-0.25, -0.2) is 8.42 Å². The zero-order chi connectivity index (χ0) is 31.7. The first kappa shape index (κ1) is 34.1. The maximum absolute atomic E-state index is 13.6. The van der Waals surface area contributed by atoms with Gasteiger partial charge in [-0.05, 0) is 68.0 Å². The summed E-state index contributed by atoms with van der Waals surface area (Å²) in [7, 11) is 0.780. The van der Waals surface area contributed by atoms with Crippen molar-refractivity contribution in [2.75, 3.05) is 73.1 Å². The average Bonchev–Trinajstić information content (AvgIpc) is 3.51. The summed E-state index contributed by atoms with van der Waals surface area (Å²) in [5, 5.41) is 10.0. The summed E-state index contributed by atoms with van der Waals surface area (Å²) in [5.41, 5.74) is 1.54. The Morgan fingerprint density at radius 2 is 1.50 bits per heavy atom. The second-order valence-electron chi connectivity index (χ2n) is 11.1. The van der Waals surface area contributed by atoms with Crippen LogP contribution in [0.15, 0.2) is 29.2 Å². The van der Waals surface area contributed by atoms with Gasteiger partial charge in [0.1, 0.15) is 4.90 Å². The number of morpholine rings is 1. The lowest BCUT2D eigenvalue weighted by atomic mass is 10.0. The van der Waals surface area contributed by atoms with E-state index in [2.05, 4.69) is 4.90 Å². The molecule has 0 aliphatic carbocycles. The number of benzene rings is 2. The maximum atomic E-state index is 13.6. The van der Waals surface area contributed by atoms with Gasteiger partial charge in [0.2, 0.25) is 5.75 Å². The number of aliphatic hydroxyl groups excluding tert-OH is 1. The molecule has 0 bridgehead atoms. The van der Waals surface area contributed by atoms with Gasteiger partial charge in [0.25, 0.3) is 0 Å². The minimum atomic E-state index is -3.91. The lowest BCUT2D eigenvalue weighted by Crippen LogP contribution is -2.37. The monoisotopic (exact) mass is 637 g/mol. The summed E-state index contributed by atoms with van der Waals surface area (Å²) in [6, 6.07) is 7.20. The quantitative estimate of drug-likeness (QED) is 0.265. The Morgan fingerprint density at radius 1 is 0.886 bits per heavy atom. The minimum absolute atomic E-state index is 0.00682. The Balaban J connectivity index is 1.64. The van der Waals surface area contributed by atoms with Crippen LogP contribution in [0, 0.1) is 0 Å². The van der Waals surface area contributed by atoms with Gasteiger partial charge in [0.05, 0.1) is 71.8 Å². The van der Waals surface area contributed by atoms with Gasteiger partial charge in [0.15, 0.2) is 32.8 Å². The van der Waals surface area contributed by atoms with E-state index in [1.807, 2.05) is 25.1 Å². The van der Waals surface area contributed by atoms with Crippen molar-refractivity contribution in [3.05, 3.63) is 35.4 Å². The summed E-state index contributed by atoms with van der Waals surface area (Å²) in [6.45, 7) is 8.19. The molecular weight excluding hydrogens is 590 g/mol. The number of aliphatic hydroxyl groups is 1. The predicted molar refractivity (Wildman–Crippen MR) is 165 cm³/mol. The van der Waals surface area contributed by atoms with Gasteiger partial charge in [-0.2, -0.15) is 0 Å². The van der Waals surface area contributed by atoms with Gasteiger partial charge in [-0.15, -0.1) is 0 Å². The van der Waals surface area contributed by atoms with E-state index in [0.29, 0.717) is 61.0 Å². The number of ether oxygens (including phenoxy) is 7. The number of hydrogen-bond acceptors (Lipinski definition) is 11. The van der Waals surface area contributed by atoms with E-state index in [4.69, 9.17) is 33.2 Å². The molecule has 0 saturated carbocycles. The van der Waals surface area contributed by atoms with E-state index < -0.39 is 27.8 Å². The molecule has 1 N–H and O–H groups in total. The molecule has 11 nitrogen and oxygen atoms in total. The van der Waals surface area contributed by atoms with Crippen LogP contribution in [-0.4, -0.2) is 97.7 Å². The SMILES string of the molecule is CCCOc1c(OCCCN2CCOCC2)cc([C@@H]2CC[C@@H](c3cc(OC)c(OC)c(OC)c3)O2)cc1S(=O)(=O)C[C@H](C)O. The summed E-state index contributed by atoms with van der Waals surface area (Å²) in [6.07, 6.45) is 1.08. The van der Waals surface area contributed by atoms with Crippen molar-refractivity contribution in [1.82, 2.24) is 4.90 Å². The fraction of sp³-hybridized carbons (Fsp3) is 0.625. The smallest absolute Gasteiger partial charge is 0.203 e. The summed E-state index contributed by atoms with van der Waals surface area (Å²) >= 11 is 0. The van der Waals surface area contributed by atoms with Gasteiger partial charge in [-0.3, -0.25) is 4.90 Å². The van der Waals surface area contributed by atoms with Crippen LogP contribution in [0.25, 0.3) is 0 Å². The Labute approximate surface area is 261 Å². The molecule has 2 aromatic carbocycles.